The molecule has 0 amide bonds. The molecule has 0 radical (unpaired) electrons. The number of carboxylic acids is 1. The molecule has 59 heavy (non-hydrogen) atoms. The Morgan fingerprint density at radius 2 is 1.69 bits per heavy atom. The van der Waals surface area contributed by atoms with E-state index in [2.05, 4.69) is 60.7 Å². The number of aryl methyl sites for hydroxylation is 1. The fourth-order valence-corrected chi connectivity index (χ4v) is 12.5. The molecule has 3 aromatic carbocycles. The summed E-state index contributed by atoms with van der Waals surface area (Å²) in [5, 5.41) is 46.5. The molecule has 0 aliphatic heterocycles. The number of hydrogen-bond donors (Lipinski definition) is 5. The van der Waals surface area contributed by atoms with E-state index < -0.39 is 29.5 Å². The van der Waals surface area contributed by atoms with Gasteiger partial charge in [0.1, 0.15) is 12.0 Å². The van der Waals surface area contributed by atoms with E-state index in [1.165, 1.54) is 27.1 Å². The number of carbonyl (C=O) groups is 2. The molecule has 7 heteroatoms. The van der Waals surface area contributed by atoms with Crippen LogP contribution in [-0.2, 0) is 27.8 Å². The third-order valence-corrected chi connectivity index (χ3v) is 15.4. The van der Waals surface area contributed by atoms with Crippen molar-refractivity contribution in [2.75, 3.05) is 6.54 Å². The Bertz CT molecular complexity index is 2160. The van der Waals surface area contributed by atoms with E-state index in [1.54, 1.807) is 12.1 Å². The second-order valence-corrected chi connectivity index (χ2v) is 18.6. The smallest absolute Gasteiger partial charge is 0.308 e. The molecule has 7 nitrogen and oxygen atoms in total. The number of phenolic OH excluding ortho intramolecular Hbond substituents is 1. The first-order valence-electron chi connectivity index (χ1n) is 22.5. The minimum atomic E-state index is -1.84. The number of aromatic hydroxyl groups is 1. The molecule has 6 N–H and O–H groups in total. The Hall–Kier alpha value is -4.30. The van der Waals surface area contributed by atoms with Gasteiger partial charge in [-0.1, -0.05) is 110 Å². The topological polar surface area (TPSA) is 141 Å². The highest BCUT2D eigenvalue weighted by atomic mass is 16.5. The maximum Gasteiger partial charge on any atom is 0.308 e. The zero-order chi connectivity index (χ0) is 41.1. The van der Waals surface area contributed by atoms with Gasteiger partial charge in [-0.15, -0.1) is 0 Å². The molecule has 1 spiro atoms. The van der Waals surface area contributed by atoms with Crippen LogP contribution < -0.4 is 16.2 Å². The number of rotatable bonds is 13. The number of aldehydes is 1. The minimum absolute atomic E-state index is 0.0372. The summed E-state index contributed by atoms with van der Waals surface area (Å²) in [4.78, 5) is 26.1. The second-order valence-electron chi connectivity index (χ2n) is 18.6. The molecule has 5 aliphatic rings. The summed E-state index contributed by atoms with van der Waals surface area (Å²) < 4.78 is 0. The van der Waals surface area contributed by atoms with Crippen LogP contribution in [0.25, 0.3) is 12.2 Å². The molecule has 8 rings (SSSR count). The van der Waals surface area contributed by atoms with Crippen LogP contribution in [0.15, 0.2) is 90.5 Å². The number of allylic oxidation sites excluding steroid dienone is 2. The summed E-state index contributed by atoms with van der Waals surface area (Å²) in [5.41, 5.74) is 11.0. The van der Waals surface area contributed by atoms with Crippen LogP contribution in [0.4, 0.5) is 0 Å². The lowest BCUT2D eigenvalue weighted by Gasteiger charge is -2.57. The van der Waals surface area contributed by atoms with Crippen molar-refractivity contribution in [1.82, 2.24) is 0 Å². The lowest BCUT2D eigenvalue weighted by molar-refractivity contribution is -0.161. The van der Waals surface area contributed by atoms with E-state index in [-0.39, 0.29) is 35.3 Å². The van der Waals surface area contributed by atoms with Crippen LogP contribution in [0.1, 0.15) is 105 Å². The van der Waals surface area contributed by atoms with Crippen molar-refractivity contribution in [1.29, 1.82) is 0 Å². The van der Waals surface area contributed by atoms with Crippen molar-refractivity contribution in [3.05, 3.63) is 123 Å². The van der Waals surface area contributed by atoms with Gasteiger partial charge in [-0.3, -0.25) is 4.79 Å². The highest BCUT2D eigenvalue weighted by Gasteiger charge is 2.59. The molecule has 2 bridgehead atoms. The summed E-state index contributed by atoms with van der Waals surface area (Å²) in [5.74, 6) is -1.63. The van der Waals surface area contributed by atoms with Crippen molar-refractivity contribution in [2.24, 2.45) is 53.1 Å². The number of carbonyl (C=O) groups excluding carboxylic acids is 1. The fourth-order valence-electron chi connectivity index (χ4n) is 12.5. The zero-order valence-corrected chi connectivity index (χ0v) is 34.4. The number of benzene rings is 3. The van der Waals surface area contributed by atoms with Gasteiger partial charge in [-0.05, 0) is 158 Å². The number of phenols is 1. The molecule has 3 aromatic rings. The second kappa shape index (κ2) is 18.1. The van der Waals surface area contributed by atoms with Gasteiger partial charge in [-0.25, -0.2) is 0 Å². The number of carboxylic acid groups (broad SMARTS) is 1. The van der Waals surface area contributed by atoms with Gasteiger partial charge in [0.25, 0.3) is 0 Å². The molecular formula is C52H63NO6. The standard InChI is InChI=1S/C52H63NO6/c53-24-23-33-13-16-40(25-33)41(32-54)10-3-1-2-7-35-11-6-12-46(50(56)57)49(51(58)59)52-31-43-29-39-9-5-4-8-38(39)28-42(43)30-44(52)20-17-37-15-14-34(27-48(37)52)26-47(35)36-18-21-45(55)22-19-36/h4-6,8-9,12,14-15,18-19,21-22,25,27-29,32,35,40-44,46-47,49-50,55-57H,1-3,7,10-11,13,16-17,20,23-24,26,30-31,53H2,(H,58,59). The SMILES string of the molecule is NCCC1=CC(C(C=O)CCCCCC2CC=CC(C(O)O)C(C(=O)O)C34CC5C=c6ccccc6=CC5CC3CCc3ccc(cc34)CC2c2ccc(O)cc2)CC1. The Balaban J connectivity index is 1.13. The van der Waals surface area contributed by atoms with Crippen molar-refractivity contribution < 1.29 is 30.0 Å². The average molecular weight is 798 g/mol. The van der Waals surface area contributed by atoms with Gasteiger partial charge >= 0.3 is 5.97 Å². The highest BCUT2D eigenvalue weighted by molar-refractivity contribution is 5.74. The van der Waals surface area contributed by atoms with E-state index in [0.29, 0.717) is 31.2 Å². The van der Waals surface area contributed by atoms with Crippen LogP contribution in [0.5, 0.6) is 5.75 Å². The summed E-state index contributed by atoms with van der Waals surface area (Å²) >= 11 is 0. The molecule has 10 atom stereocenters. The van der Waals surface area contributed by atoms with E-state index in [1.807, 2.05) is 24.3 Å². The lowest BCUT2D eigenvalue weighted by atomic mass is 9.46. The molecule has 312 valence electrons. The van der Waals surface area contributed by atoms with Gasteiger partial charge < -0.3 is 31.0 Å². The highest BCUT2D eigenvalue weighted by Crippen LogP contribution is 2.60. The van der Waals surface area contributed by atoms with Crippen LogP contribution >= 0.6 is 0 Å². The summed E-state index contributed by atoms with van der Waals surface area (Å²) in [6, 6.07) is 22.9. The van der Waals surface area contributed by atoms with Gasteiger partial charge in [-0.2, -0.15) is 0 Å². The number of aliphatic carboxylic acids is 1. The number of unbranched alkanes of at least 4 members (excludes halogenated alkanes) is 2. The Kier molecular flexibility index (Phi) is 12.7. The Labute approximate surface area is 349 Å². The number of hydrogen-bond acceptors (Lipinski definition) is 6. The largest absolute Gasteiger partial charge is 0.508 e. The van der Waals surface area contributed by atoms with E-state index >= 15 is 0 Å². The number of fused-ring (bicyclic) bond motifs is 3. The van der Waals surface area contributed by atoms with Crippen LogP contribution in [0, 0.1) is 47.3 Å². The predicted octanol–water partition coefficient (Wildman–Crippen LogP) is 7.47. The monoisotopic (exact) mass is 797 g/mol. The van der Waals surface area contributed by atoms with E-state index in [9.17, 15) is 30.0 Å². The quantitative estimate of drug-likeness (QED) is 0.0523. The first-order valence-corrected chi connectivity index (χ1v) is 22.5. The molecule has 0 heterocycles. The number of nitrogens with two attached hydrogens (primary N) is 1. The molecule has 0 aromatic heterocycles. The first-order chi connectivity index (χ1) is 28.7. The number of aliphatic hydroxyl groups excluding tert-OH is 1. The van der Waals surface area contributed by atoms with E-state index in [0.717, 1.165) is 94.5 Å². The van der Waals surface area contributed by atoms with Gasteiger partial charge in [0.2, 0.25) is 0 Å². The molecule has 1 fully saturated rings. The van der Waals surface area contributed by atoms with Crippen LogP contribution in [0.3, 0.4) is 0 Å². The van der Waals surface area contributed by atoms with Crippen molar-refractivity contribution in [2.45, 2.75) is 108 Å². The Morgan fingerprint density at radius 3 is 2.42 bits per heavy atom. The third-order valence-electron chi connectivity index (χ3n) is 15.4. The maximum atomic E-state index is 13.9. The molecule has 0 saturated heterocycles. The summed E-state index contributed by atoms with van der Waals surface area (Å²) in [6.45, 7) is 0.648. The zero-order valence-electron chi connectivity index (χ0n) is 34.4. The summed E-state index contributed by atoms with van der Waals surface area (Å²) in [7, 11) is 0. The third kappa shape index (κ3) is 8.53. The van der Waals surface area contributed by atoms with Crippen molar-refractivity contribution >= 4 is 24.4 Å². The van der Waals surface area contributed by atoms with Crippen molar-refractivity contribution in [3.63, 3.8) is 0 Å². The first kappa shape index (κ1) is 41.4. The molecule has 5 aliphatic carbocycles. The fraction of sp³-hybridized carbons (Fsp3) is 0.500. The van der Waals surface area contributed by atoms with Gasteiger partial charge in [0.05, 0.1) is 5.92 Å². The normalized spacial score (nSPS) is 30.3. The molecule has 10 unspecified atom stereocenters. The van der Waals surface area contributed by atoms with E-state index in [4.69, 9.17) is 5.73 Å². The maximum absolute atomic E-state index is 13.9. The molecular weight excluding hydrogens is 735 g/mol. The van der Waals surface area contributed by atoms with Crippen molar-refractivity contribution in [3.8, 4) is 5.75 Å². The van der Waals surface area contributed by atoms with Crippen LogP contribution in [-0.4, -0.2) is 45.5 Å². The average Bonchev–Trinajstić information content (AvgIpc) is 3.69. The number of aliphatic hydroxyl groups is 2. The predicted molar refractivity (Wildman–Crippen MR) is 233 cm³/mol. The molecule has 1 saturated carbocycles. The van der Waals surface area contributed by atoms with Gasteiger partial charge in [0.15, 0.2) is 6.29 Å². The Morgan fingerprint density at radius 1 is 0.915 bits per heavy atom. The minimum Gasteiger partial charge on any atom is -0.508 e. The summed E-state index contributed by atoms with van der Waals surface area (Å²) in [6.07, 6.45) is 22.7. The lowest BCUT2D eigenvalue weighted by Crippen LogP contribution is -2.57. The van der Waals surface area contributed by atoms with Gasteiger partial charge in [0, 0.05) is 17.3 Å². The van der Waals surface area contributed by atoms with Crippen LogP contribution in [0.2, 0.25) is 0 Å².